The zero-order valence-corrected chi connectivity index (χ0v) is 14.9. The van der Waals surface area contributed by atoms with Crippen LogP contribution in [-0.4, -0.2) is 51.3 Å². The summed E-state index contributed by atoms with van der Waals surface area (Å²) in [4.78, 5) is 44.0. The van der Waals surface area contributed by atoms with E-state index in [2.05, 4.69) is 36.9 Å². The highest BCUT2D eigenvalue weighted by Gasteiger charge is 2.23. The molecule has 2 aromatic rings. The van der Waals surface area contributed by atoms with Crippen molar-refractivity contribution in [1.29, 1.82) is 0 Å². The van der Waals surface area contributed by atoms with Crippen molar-refractivity contribution >= 4 is 23.1 Å². The maximum atomic E-state index is 12.8. The Hall–Kier alpha value is -3.06. The average molecular weight is 360 g/mol. The third-order valence-electron chi connectivity index (χ3n) is 3.97. The molecule has 0 saturated carbocycles. The summed E-state index contributed by atoms with van der Waals surface area (Å²) in [7, 11) is 1.49. The Morgan fingerprint density at radius 3 is 2.69 bits per heavy atom. The molecule has 10 heteroatoms. The van der Waals surface area contributed by atoms with E-state index >= 15 is 0 Å². The van der Waals surface area contributed by atoms with Crippen LogP contribution in [-0.2, 0) is 23.3 Å². The predicted octanol–water partition coefficient (Wildman–Crippen LogP) is -0.580. The highest BCUT2D eigenvalue weighted by molar-refractivity contribution is 5.75. The summed E-state index contributed by atoms with van der Waals surface area (Å²) in [6.45, 7) is 6.44. The van der Waals surface area contributed by atoms with Gasteiger partial charge in [-0.05, 0) is 6.92 Å². The van der Waals surface area contributed by atoms with Gasteiger partial charge in [0.25, 0.3) is 5.56 Å². The minimum absolute atomic E-state index is 0.143. The second-order valence-corrected chi connectivity index (χ2v) is 5.75. The molecule has 1 aliphatic heterocycles. The number of piperazine rings is 1. The topological polar surface area (TPSA) is 104 Å². The smallest absolute Gasteiger partial charge is 0.340 e. The van der Waals surface area contributed by atoms with E-state index in [0.717, 1.165) is 26.2 Å². The number of hydrogen-bond donors (Lipinski definition) is 1. The molecule has 0 amide bonds. The molecule has 1 N–H and O–H groups in total. The lowest BCUT2D eigenvalue weighted by Crippen LogP contribution is -2.44. The van der Waals surface area contributed by atoms with Crippen molar-refractivity contribution in [1.82, 2.24) is 24.4 Å². The summed E-state index contributed by atoms with van der Waals surface area (Å²) < 4.78 is 2.94. The molecule has 26 heavy (non-hydrogen) atoms. The maximum Gasteiger partial charge on any atom is 0.352 e. The largest absolute Gasteiger partial charge is 0.352 e. The van der Waals surface area contributed by atoms with Crippen LogP contribution in [0.4, 0.5) is 5.95 Å². The number of nitrogens with one attached hydrogen (secondary N) is 1. The molecule has 0 atom stereocenters. The summed E-state index contributed by atoms with van der Waals surface area (Å²) >= 11 is 0. The third-order valence-corrected chi connectivity index (χ3v) is 3.97. The minimum Gasteiger partial charge on any atom is -0.340 e. The molecular formula is C16H20N6O4. The lowest BCUT2D eigenvalue weighted by Gasteiger charge is -2.28. The molecule has 1 saturated heterocycles. The molecule has 2 aromatic heterocycles. The molecule has 0 aromatic carbocycles. The fraction of sp³-hybridized carbons (Fsp3) is 0.500. The van der Waals surface area contributed by atoms with Crippen LogP contribution in [0.5, 0.6) is 6.01 Å². The molecule has 10 nitrogen and oxygen atoms in total. The molecule has 0 unspecified atom stereocenters. The van der Waals surface area contributed by atoms with E-state index in [1.807, 2.05) is 0 Å². The van der Waals surface area contributed by atoms with E-state index in [0.29, 0.717) is 18.0 Å². The molecule has 0 radical (unpaired) electrons. The Kier molecular flexibility index (Phi) is 5.09. The second kappa shape index (κ2) is 7.45. The van der Waals surface area contributed by atoms with Crippen molar-refractivity contribution < 1.29 is 14.6 Å². The Balaban J connectivity index is 2.14. The van der Waals surface area contributed by atoms with Crippen LogP contribution in [0.1, 0.15) is 13.8 Å². The van der Waals surface area contributed by atoms with Crippen molar-refractivity contribution in [3.63, 3.8) is 0 Å². The van der Waals surface area contributed by atoms with Gasteiger partial charge < -0.3 is 10.2 Å². The molecule has 1 aliphatic rings. The lowest BCUT2D eigenvalue weighted by atomic mass is 10.4. The van der Waals surface area contributed by atoms with Gasteiger partial charge in [0, 0.05) is 40.2 Å². The lowest BCUT2D eigenvalue weighted by molar-refractivity contribution is -0.215. The number of aromatic nitrogens is 4. The van der Waals surface area contributed by atoms with Crippen LogP contribution in [0.2, 0.25) is 0 Å². The first-order valence-corrected chi connectivity index (χ1v) is 8.20. The van der Waals surface area contributed by atoms with Crippen molar-refractivity contribution in [3.8, 4) is 17.9 Å². The average Bonchev–Trinajstić information content (AvgIpc) is 3.00. The van der Waals surface area contributed by atoms with E-state index in [1.54, 1.807) is 11.5 Å². The Bertz CT molecular complexity index is 946. The number of imidazole rings is 1. The number of carbonyl (C=O) groups excluding carboxylic acids is 1. The normalized spacial score (nSPS) is 14.0. The van der Waals surface area contributed by atoms with Crippen LogP contribution in [0.15, 0.2) is 4.79 Å². The number of hydrogen-bond acceptors (Lipinski definition) is 8. The maximum absolute atomic E-state index is 12.8. The molecule has 1 fully saturated rings. The van der Waals surface area contributed by atoms with Gasteiger partial charge in [-0.15, -0.1) is 5.92 Å². The Labute approximate surface area is 149 Å². The summed E-state index contributed by atoms with van der Waals surface area (Å²) in [6.07, 6.45) is 0. The van der Waals surface area contributed by atoms with Crippen molar-refractivity contribution in [3.05, 3.63) is 10.4 Å². The molecule has 138 valence electrons. The quantitative estimate of drug-likeness (QED) is 0.439. The molecular weight excluding hydrogens is 340 g/mol. The van der Waals surface area contributed by atoms with Gasteiger partial charge >= 0.3 is 12.0 Å². The third kappa shape index (κ3) is 3.34. The van der Waals surface area contributed by atoms with Gasteiger partial charge in [-0.2, -0.15) is 9.97 Å². The zero-order valence-electron chi connectivity index (χ0n) is 14.9. The van der Waals surface area contributed by atoms with Gasteiger partial charge in [0.05, 0.1) is 6.54 Å². The number of nitrogens with zero attached hydrogens (tertiary/aromatic N) is 5. The first kappa shape index (κ1) is 17.8. The van der Waals surface area contributed by atoms with Crippen molar-refractivity contribution in [2.24, 2.45) is 7.05 Å². The summed E-state index contributed by atoms with van der Waals surface area (Å²) in [5.41, 5.74) is 0.199. The van der Waals surface area contributed by atoms with Gasteiger partial charge in [0.2, 0.25) is 5.95 Å². The van der Waals surface area contributed by atoms with E-state index < -0.39 is 5.97 Å². The SMILES string of the molecule is CC#CCn1c(N2CCNCC2)nc2nc(OOC(C)=O)n(C)c(=O)c21. The van der Waals surface area contributed by atoms with Gasteiger partial charge in [-0.25, -0.2) is 14.6 Å². The standard InChI is InChI=1S/C16H20N6O4/c1-4-5-8-22-12-13(18-15(22)21-9-6-17-7-10-21)19-16(20(3)14(12)24)26-25-11(2)23/h17H,6-10H2,1-3H3. The number of anilines is 1. The Morgan fingerprint density at radius 2 is 2.04 bits per heavy atom. The van der Waals surface area contributed by atoms with E-state index in [1.165, 1.54) is 18.5 Å². The molecule has 0 spiro atoms. The molecule has 0 aliphatic carbocycles. The van der Waals surface area contributed by atoms with Crippen molar-refractivity contribution in [2.75, 3.05) is 31.1 Å². The fourth-order valence-corrected chi connectivity index (χ4v) is 2.71. The summed E-state index contributed by atoms with van der Waals surface area (Å²) in [5.74, 6) is 5.80. The summed E-state index contributed by atoms with van der Waals surface area (Å²) in [5, 5.41) is 3.28. The first-order valence-electron chi connectivity index (χ1n) is 8.20. The molecule has 3 heterocycles. The van der Waals surface area contributed by atoms with Gasteiger partial charge in [-0.3, -0.25) is 13.9 Å². The molecule has 0 bridgehead atoms. The van der Waals surface area contributed by atoms with Crippen molar-refractivity contribution in [2.45, 2.75) is 20.4 Å². The van der Waals surface area contributed by atoms with Crippen LogP contribution in [0.25, 0.3) is 11.2 Å². The van der Waals surface area contributed by atoms with Gasteiger partial charge in [0.15, 0.2) is 11.2 Å². The highest BCUT2D eigenvalue weighted by Crippen LogP contribution is 2.21. The van der Waals surface area contributed by atoms with Crippen LogP contribution < -0.4 is 20.7 Å². The molecule has 3 rings (SSSR count). The first-order chi connectivity index (χ1) is 12.5. The van der Waals surface area contributed by atoms with Gasteiger partial charge in [0.1, 0.15) is 0 Å². The second-order valence-electron chi connectivity index (χ2n) is 5.75. The number of fused-ring (bicyclic) bond motifs is 1. The Morgan fingerprint density at radius 1 is 1.31 bits per heavy atom. The highest BCUT2D eigenvalue weighted by atomic mass is 17.2. The van der Waals surface area contributed by atoms with Crippen LogP contribution >= 0.6 is 0 Å². The summed E-state index contributed by atoms with van der Waals surface area (Å²) in [6, 6.07) is -0.143. The van der Waals surface area contributed by atoms with E-state index in [-0.39, 0.29) is 17.2 Å². The van der Waals surface area contributed by atoms with E-state index in [4.69, 9.17) is 4.89 Å². The minimum atomic E-state index is -0.649. The van der Waals surface area contributed by atoms with Crippen LogP contribution in [0, 0.1) is 11.8 Å². The van der Waals surface area contributed by atoms with Crippen LogP contribution in [0.3, 0.4) is 0 Å². The van der Waals surface area contributed by atoms with Gasteiger partial charge in [-0.1, -0.05) is 5.92 Å². The predicted molar refractivity (Wildman–Crippen MR) is 93.7 cm³/mol. The fourth-order valence-electron chi connectivity index (χ4n) is 2.71. The number of rotatable bonds is 4. The monoisotopic (exact) mass is 360 g/mol. The number of carbonyl (C=O) groups is 1. The van der Waals surface area contributed by atoms with E-state index in [9.17, 15) is 9.59 Å². The zero-order chi connectivity index (χ0) is 18.7.